The highest BCUT2D eigenvalue weighted by Crippen LogP contribution is 2.58. The molecule has 0 bridgehead atoms. The van der Waals surface area contributed by atoms with Crippen LogP contribution in [0.5, 0.6) is 11.5 Å². The molecule has 41 heavy (non-hydrogen) atoms. The molecule has 8 heteroatoms. The highest BCUT2D eigenvalue weighted by atomic mass is 16.5. The van der Waals surface area contributed by atoms with Crippen LogP contribution in [0.2, 0.25) is 0 Å². The van der Waals surface area contributed by atoms with Crippen molar-refractivity contribution in [3.05, 3.63) is 23.8 Å². The Bertz CT molecular complexity index is 932. The van der Waals surface area contributed by atoms with Crippen LogP contribution in [0.3, 0.4) is 0 Å². The van der Waals surface area contributed by atoms with Gasteiger partial charge in [-0.25, -0.2) is 0 Å². The Morgan fingerprint density at radius 1 is 1.10 bits per heavy atom. The van der Waals surface area contributed by atoms with Crippen LogP contribution in [0, 0.1) is 35.0 Å². The van der Waals surface area contributed by atoms with E-state index in [9.17, 15) is 9.90 Å². The Balaban J connectivity index is 1.54. The molecule has 2 fully saturated rings. The lowest BCUT2D eigenvalue weighted by Gasteiger charge is -2.30. The Morgan fingerprint density at radius 3 is 2.46 bits per heavy atom. The van der Waals surface area contributed by atoms with Gasteiger partial charge < -0.3 is 35.1 Å². The van der Waals surface area contributed by atoms with Gasteiger partial charge in [-0.3, -0.25) is 4.79 Å². The van der Waals surface area contributed by atoms with Crippen LogP contribution in [-0.2, 0) is 20.7 Å². The average molecular weight is 577 g/mol. The van der Waals surface area contributed by atoms with Crippen LogP contribution in [0.4, 0.5) is 0 Å². The predicted molar refractivity (Wildman–Crippen MR) is 162 cm³/mol. The van der Waals surface area contributed by atoms with E-state index in [1.54, 1.807) is 14.2 Å². The minimum atomic E-state index is -0.743. The fraction of sp³-hybridized carbons (Fsp3) is 0.788. The fourth-order valence-electron chi connectivity index (χ4n) is 6.33. The van der Waals surface area contributed by atoms with Gasteiger partial charge in [-0.15, -0.1) is 0 Å². The molecular weight excluding hydrogens is 520 g/mol. The first kappa shape index (κ1) is 33.6. The number of nitrogens with two attached hydrogens (primary N) is 1. The zero-order chi connectivity index (χ0) is 30.0. The fourth-order valence-corrected chi connectivity index (χ4v) is 6.33. The molecule has 1 amide bonds. The Hall–Kier alpha value is -1.87. The number of ether oxygens (including phenoxy) is 4. The zero-order valence-electron chi connectivity index (χ0n) is 26.3. The third-order valence-corrected chi connectivity index (χ3v) is 9.50. The number of aliphatic hydroxyl groups is 1. The van der Waals surface area contributed by atoms with Crippen LogP contribution in [0.25, 0.3) is 0 Å². The van der Waals surface area contributed by atoms with Gasteiger partial charge in [0.2, 0.25) is 5.91 Å². The molecule has 0 unspecified atom stereocenters. The number of benzene rings is 1. The summed E-state index contributed by atoms with van der Waals surface area (Å²) in [6, 6.07) is 5.66. The molecule has 1 saturated carbocycles. The smallest absolute Gasteiger partial charge is 0.223 e. The van der Waals surface area contributed by atoms with Crippen molar-refractivity contribution in [1.82, 2.24) is 5.32 Å². The van der Waals surface area contributed by atoms with E-state index in [0.717, 1.165) is 56.8 Å². The van der Waals surface area contributed by atoms with Crippen molar-refractivity contribution in [2.24, 2.45) is 40.7 Å². The highest BCUT2D eigenvalue weighted by molar-refractivity contribution is 5.79. The molecule has 5 atom stereocenters. The van der Waals surface area contributed by atoms with E-state index in [2.05, 4.69) is 39.1 Å². The Kier molecular flexibility index (Phi) is 13.2. The molecule has 1 heterocycles. The predicted octanol–water partition coefficient (Wildman–Crippen LogP) is 4.60. The Morgan fingerprint density at radius 2 is 1.83 bits per heavy atom. The van der Waals surface area contributed by atoms with Crippen LogP contribution < -0.4 is 20.5 Å². The second kappa shape index (κ2) is 16.1. The van der Waals surface area contributed by atoms with Crippen molar-refractivity contribution in [2.45, 2.75) is 84.8 Å². The highest BCUT2D eigenvalue weighted by Gasteiger charge is 2.53. The monoisotopic (exact) mass is 576 g/mol. The third-order valence-electron chi connectivity index (χ3n) is 9.50. The lowest BCUT2D eigenvalue weighted by molar-refractivity contribution is -0.127. The summed E-state index contributed by atoms with van der Waals surface area (Å²) in [5.74, 6) is 2.53. The third kappa shape index (κ3) is 9.84. The normalized spacial score (nSPS) is 21.0. The summed E-state index contributed by atoms with van der Waals surface area (Å²) < 4.78 is 22.1. The maximum Gasteiger partial charge on any atom is 0.223 e. The van der Waals surface area contributed by atoms with E-state index < -0.39 is 12.1 Å². The van der Waals surface area contributed by atoms with Gasteiger partial charge in [0.15, 0.2) is 11.5 Å². The molecular formula is C33H56N2O6. The molecule has 1 aromatic rings. The summed E-state index contributed by atoms with van der Waals surface area (Å²) in [7, 11) is 3.33. The van der Waals surface area contributed by atoms with E-state index in [4.69, 9.17) is 24.7 Å². The van der Waals surface area contributed by atoms with Crippen molar-refractivity contribution < 1.29 is 28.8 Å². The zero-order valence-corrected chi connectivity index (χ0v) is 26.3. The molecule has 1 saturated heterocycles. The number of nitrogens with one attached hydrogen (secondary N) is 1. The molecule has 1 aliphatic carbocycles. The van der Waals surface area contributed by atoms with Crippen LogP contribution in [0.1, 0.15) is 71.8 Å². The van der Waals surface area contributed by atoms with Gasteiger partial charge in [-0.1, -0.05) is 33.8 Å². The lowest BCUT2D eigenvalue weighted by Crippen LogP contribution is -2.43. The van der Waals surface area contributed by atoms with E-state index in [1.165, 1.54) is 6.42 Å². The molecule has 2 aliphatic rings. The van der Waals surface area contributed by atoms with Gasteiger partial charge in [0.25, 0.3) is 0 Å². The quantitative estimate of drug-likeness (QED) is 0.219. The number of amides is 1. The summed E-state index contributed by atoms with van der Waals surface area (Å²) in [6.45, 7) is 12.1. The van der Waals surface area contributed by atoms with E-state index >= 15 is 0 Å². The van der Waals surface area contributed by atoms with Crippen molar-refractivity contribution in [3.8, 4) is 11.5 Å². The lowest BCUT2D eigenvalue weighted by atomic mass is 9.80. The number of carbonyl (C=O) groups excluding carboxylic acids is 1. The van der Waals surface area contributed by atoms with Crippen molar-refractivity contribution in [2.75, 3.05) is 47.2 Å². The molecule has 1 spiro atoms. The molecule has 4 N–H and O–H groups in total. The summed E-state index contributed by atoms with van der Waals surface area (Å²) in [5, 5.41) is 14.4. The van der Waals surface area contributed by atoms with Gasteiger partial charge >= 0.3 is 0 Å². The number of hydrogen-bond donors (Lipinski definition) is 3. The van der Waals surface area contributed by atoms with E-state index in [0.29, 0.717) is 49.1 Å². The van der Waals surface area contributed by atoms with Crippen LogP contribution in [-0.4, -0.2) is 70.4 Å². The van der Waals surface area contributed by atoms with Crippen molar-refractivity contribution >= 4 is 5.91 Å². The summed E-state index contributed by atoms with van der Waals surface area (Å²) >= 11 is 0. The van der Waals surface area contributed by atoms with Gasteiger partial charge in [0, 0.05) is 51.9 Å². The number of methoxy groups -OCH3 is 2. The van der Waals surface area contributed by atoms with Crippen LogP contribution in [0.15, 0.2) is 18.2 Å². The molecule has 1 aliphatic heterocycles. The maximum atomic E-state index is 13.2. The molecule has 234 valence electrons. The molecule has 1 aromatic carbocycles. The minimum Gasteiger partial charge on any atom is -0.493 e. The van der Waals surface area contributed by atoms with Crippen LogP contribution >= 0.6 is 0 Å². The molecule has 0 aromatic heterocycles. The largest absolute Gasteiger partial charge is 0.493 e. The molecule has 3 rings (SSSR count). The van der Waals surface area contributed by atoms with Gasteiger partial charge in [0.05, 0.1) is 19.8 Å². The van der Waals surface area contributed by atoms with Gasteiger partial charge in [-0.2, -0.15) is 0 Å². The second-order valence-electron chi connectivity index (χ2n) is 13.1. The first-order valence-electron chi connectivity index (χ1n) is 15.7. The minimum absolute atomic E-state index is 0.0389. The number of aliphatic hydroxyl groups excluding tert-OH is 1. The SMILES string of the molecule is COCCCOc1cc(C[C@@H](C[C@H](N)[C@@H](O)C[C@H](C(=O)NC[C@H]2CC23CCOCC3)C(C)C)C(C)C)ccc1OC. The first-order valence-corrected chi connectivity index (χ1v) is 15.7. The summed E-state index contributed by atoms with van der Waals surface area (Å²) in [5.41, 5.74) is 8.13. The number of carbonyl (C=O) groups is 1. The maximum absolute atomic E-state index is 13.2. The molecule has 0 radical (unpaired) electrons. The standard InChI is InChI=1S/C33H56N2O6/c1-22(2)25(16-24-8-9-30(39-6)31(17-24)41-13-7-12-38-5)18-28(34)29(36)19-27(23(3)4)32(37)35-21-26-20-33(26)10-14-40-15-11-33/h8-9,17,22-23,25-29,36H,7,10-16,18-21,34H2,1-6H3,(H,35,37)/t25-,26+,27-,28-,29-/m0/s1. The topological polar surface area (TPSA) is 112 Å². The van der Waals surface area contributed by atoms with Crippen molar-refractivity contribution in [3.63, 3.8) is 0 Å². The molecule has 8 nitrogen and oxygen atoms in total. The number of hydrogen-bond acceptors (Lipinski definition) is 7. The number of rotatable bonds is 18. The van der Waals surface area contributed by atoms with Crippen molar-refractivity contribution in [1.29, 1.82) is 0 Å². The Labute approximate surface area is 248 Å². The first-order chi connectivity index (χ1) is 19.6. The summed E-state index contributed by atoms with van der Waals surface area (Å²) in [4.78, 5) is 13.2. The van der Waals surface area contributed by atoms with E-state index in [-0.39, 0.29) is 23.7 Å². The average Bonchev–Trinajstić information content (AvgIpc) is 3.62. The van der Waals surface area contributed by atoms with Gasteiger partial charge in [0.1, 0.15) is 0 Å². The van der Waals surface area contributed by atoms with E-state index in [1.807, 2.05) is 12.1 Å². The summed E-state index contributed by atoms with van der Waals surface area (Å²) in [6.07, 6.45) is 5.32. The second-order valence-corrected chi connectivity index (χ2v) is 13.1. The van der Waals surface area contributed by atoms with Gasteiger partial charge in [-0.05, 0) is 85.3 Å².